The number of hydroxylamine groups is 1. The molecular weight excluding hydrogens is 178 g/mol. The van der Waals surface area contributed by atoms with Crippen LogP contribution in [0.1, 0.15) is 6.92 Å². The van der Waals surface area contributed by atoms with Gasteiger partial charge in [-0.05, 0) is 13.0 Å². The molecule has 13 heavy (non-hydrogen) atoms. The van der Waals surface area contributed by atoms with E-state index in [1.165, 1.54) is 6.92 Å². The van der Waals surface area contributed by atoms with Crippen LogP contribution in [0.3, 0.4) is 0 Å². The van der Waals surface area contributed by atoms with Gasteiger partial charge in [-0.2, -0.15) is 5.48 Å². The summed E-state index contributed by atoms with van der Waals surface area (Å²) in [5.74, 6) is -3.17. The van der Waals surface area contributed by atoms with Crippen molar-refractivity contribution >= 4 is 17.8 Å². The molecule has 0 saturated heterocycles. The number of carbonyl (C=O) groups excluding carboxylic acids is 3. The number of hydrogen-bond donors (Lipinski definition) is 1. The zero-order valence-electron chi connectivity index (χ0n) is 7.03. The van der Waals surface area contributed by atoms with Crippen molar-refractivity contribution in [2.24, 2.45) is 0 Å². The SMILES string of the molecule is C=CC(=O)NOC(=O)C(=O)OCC. The van der Waals surface area contributed by atoms with Crippen molar-refractivity contribution in [1.82, 2.24) is 5.48 Å². The Balaban J connectivity index is 3.80. The zero-order valence-corrected chi connectivity index (χ0v) is 7.03. The minimum atomic E-state index is -1.28. The maximum absolute atomic E-state index is 10.6. The van der Waals surface area contributed by atoms with Gasteiger partial charge in [0.2, 0.25) is 0 Å². The molecule has 0 aliphatic carbocycles. The lowest BCUT2D eigenvalue weighted by Crippen LogP contribution is -2.30. The molecule has 0 aromatic heterocycles. The molecule has 0 aliphatic heterocycles. The molecule has 0 spiro atoms. The molecule has 0 radical (unpaired) electrons. The van der Waals surface area contributed by atoms with E-state index in [0.29, 0.717) is 0 Å². The van der Waals surface area contributed by atoms with Gasteiger partial charge in [0, 0.05) is 0 Å². The number of ether oxygens (including phenoxy) is 1. The highest BCUT2D eigenvalue weighted by molar-refractivity contribution is 6.29. The van der Waals surface area contributed by atoms with E-state index in [-0.39, 0.29) is 6.61 Å². The smallest absolute Gasteiger partial charge is 0.441 e. The van der Waals surface area contributed by atoms with Crippen molar-refractivity contribution in [3.63, 3.8) is 0 Å². The summed E-state index contributed by atoms with van der Waals surface area (Å²) in [5.41, 5.74) is 1.66. The Morgan fingerprint density at radius 1 is 1.38 bits per heavy atom. The first-order chi connectivity index (χ1) is 6.11. The highest BCUT2D eigenvalue weighted by atomic mass is 16.7. The summed E-state index contributed by atoms with van der Waals surface area (Å²) in [7, 11) is 0. The molecule has 0 aromatic carbocycles. The van der Waals surface area contributed by atoms with E-state index in [2.05, 4.69) is 16.2 Å². The third kappa shape index (κ3) is 4.57. The summed E-state index contributed by atoms with van der Waals surface area (Å²) in [6.07, 6.45) is 0.887. The number of hydrogen-bond acceptors (Lipinski definition) is 5. The van der Waals surface area contributed by atoms with E-state index in [4.69, 9.17) is 0 Å². The summed E-state index contributed by atoms with van der Waals surface area (Å²) in [5, 5.41) is 0. The number of nitrogens with one attached hydrogen (secondary N) is 1. The van der Waals surface area contributed by atoms with E-state index in [1.54, 1.807) is 5.48 Å². The molecule has 1 amide bonds. The van der Waals surface area contributed by atoms with Crippen molar-refractivity contribution in [1.29, 1.82) is 0 Å². The Hall–Kier alpha value is -1.85. The van der Waals surface area contributed by atoms with Crippen LogP contribution in [0.4, 0.5) is 0 Å². The average molecular weight is 187 g/mol. The fraction of sp³-hybridized carbons (Fsp3) is 0.286. The summed E-state index contributed by atoms with van der Waals surface area (Å²) in [6, 6.07) is 0. The fourth-order valence-electron chi connectivity index (χ4n) is 0.370. The predicted molar refractivity (Wildman–Crippen MR) is 41.1 cm³/mol. The van der Waals surface area contributed by atoms with Crippen molar-refractivity contribution in [2.45, 2.75) is 6.92 Å². The first-order valence-corrected chi connectivity index (χ1v) is 3.42. The zero-order chi connectivity index (χ0) is 10.3. The van der Waals surface area contributed by atoms with Gasteiger partial charge in [0.25, 0.3) is 5.91 Å². The highest BCUT2D eigenvalue weighted by Gasteiger charge is 2.17. The highest BCUT2D eigenvalue weighted by Crippen LogP contribution is 1.81. The molecule has 72 valence electrons. The summed E-state index contributed by atoms with van der Waals surface area (Å²) in [4.78, 5) is 35.6. The van der Waals surface area contributed by atoms with Crippen molar-refractivity contribution < 1.29 is 24.0 Å². The predicted octanol–water partition coefficient (Wildman–Crippen LogP) is -0.690. The van der Waals surface area contributed by atoms with Gasteiger partial charge in [-0.1, -0.05) is 6.58 Å². The largest absolute Gasteiger partial charge is 0.458 e. The van der Waals surface area contributed by atoms with Gasteiger partial charge in [-0.25, -0.2) is 9.59 Å². The average Bonchev–Trinajstić information content (AvgIpc) is 2.13. The number of esters is 1. The van der Waals surface area contributed by atoms with Crippen LogP contribution in [-0.2, 0) is 24.0 Å². The summed E-state index contributed by atoms with van der Waals surface area (Å²) >= 11 is 0. The molecule has 1 N–H and O–H groups in total. The topological polar surface area (TPSA) is 81.7 Å². The molecule has 0 atom stereocenters. The monoisotopic (exact) mass is 187 g/mol. The Morgan fingerprint density at radius 3 is 2.46 bits per heavy atom. The molecule has 0 bridgehead atoms. The van der Waals surface area contributed by atoms with Crippen LogP contribution in [-0.4, -0.2) is 24.5 Å². The van der Waals surface area contributed by atoms with Gasteiger partial charge in [0.05, 0.1) is 6.61 Å². The first-order valence-electron chi connectivity index (χ1n) is 3.42. The molecular formula is C7H9NO5. The van der Waals surface area contributed by atoms with Gasteiger partial charge < -0.3 is 9.57 Å². The molecule has 0 saturated carbocycles. The van der Waals surface area contributed by atoms with E-state index >= 15 is 0 Å². The second-order valence-electron chi connectivity index (χ2n) is 1.78. The lowest BCUT2D eigenvalue weighted by Gasteiger charge is -2.01. The van der Waals surface area contributed by atoms with Gasteiger partial charge in [0.15, 0.2) is 0 Å². The minimum absolute atomic E-state index is 0.0589. The van der Waals surface area contributed by atoms with Gasteiger partial charge in [-0.3, -0.25) is 4.79 Å². The Kier molecular flexibility index (Phi) is 4.94. The lowest BCUT2D eigenvalue weighted by atomic mass is 10.6. The molecule has 0 heterocycles. The fourth-order valence-corrected chi connectivity index (χ4v) is 0.370. The molecule has 0 rings (SSSR count). The van der Waals surface area contributed by atoms with Crippen molar-refractivity contribution in [3.8, 4) is 0 Å². The van der Waals surface area contributed by atoms with Crippen LogP contribution < -0.4 is 5.48 Å². The van der Waals surface area contributed by atoms with Crippen LogP contribution in [0.2, 0.25) is 0 Å². The molecule has 6 heteroatoms. The summed E-state index contributed by atoms with van der Waals surface area (Å²) < 4.78 is 4.28. The van der Waals surface area contributed by atoms with E-state index in [9.17, 15) is 14.4 Å². The molecule has 0 fully saturated rings. The van der Waals surface area contributed by atoms with Crippen molar-refractivity contribution in [2.75, 3.05) is 6.61 Å². The first kappa shape index (κ1) is 11.2. The van der Waals surface area contributed by atoms with Crippen LogP contribution in [0.15, 0.2) is 12.7 Å². The standard InChI is InChI=1S/C7H9NO5/c1-3-5(9)8-13-7(11)6(10)12-4-2/h3H,1,4H2,2H3,(H,8,9). The van der Waals surface area contributed by atoms with E-state index in [1.807, 2.05) is 0 Å². The van der Waals surface area contributed by atoms with E-state index in [0.717, 1.165) is 6.08 Å². The van der Waals surface area contributed by atoms with E-state index < -0.39 is 17.8 Å². The van der Waals surface area contributed by atoms with Crippen LogP contribution in [0.5, 0.6) is 0 Å². The maximum Gasteiger partial charge on any atom is 0.441 e. The lowest BCUT2D eigenvalue weighted by molar-refractivity contribution is -0.173. The number of carbonyl (C=O) groups is 3. The van der Waals surface area contributed by atoms with Gasteiger partial charge in [-0.15, -0.1) is 0 Å². The van der Waals surface area contributed by atoms with Gasteiger partial charge >= 0.3 is 11.9 Å². The number of rotatable bonds is 2. The third-order valence-corrected chi connectivity index (χ3v) is 0.872. The van der Waals surface area contributed by atoms with Crippen molar-refractivity contribution in [3.05, 3.63) is 12.7 Å². The summed E-state index contributed by atoms with van der Waals surface area (Å²) in [6.45, 7) is 4.69. The minimum Gasteiger partial charge on any atom is -0.458 e. The normalized spacial score (nSPS) is 8.38. The second-order valence-corrected chi connectivity index (χ2v) is 1.78. The Bertz CT molecular complexity index is 235. The Labute approximate surface area is 74.5 Å². The van der Waals surface area contributed by atoms with Gasteiger partial charge in [0.1, 0.15) is 0 Å². The Morgan fingerprint density at radius 2 is 2.00 bits per heavy atom. The second kappa shape index (κ2) is 5.76. The molecule has 0 aromatic rings. The van der Waals surface area contributed by atoms with Crippen LogP contribution in [0.25, 0.3) is 0 Å². The van der Waals surface area contributed by atoms with Crippen LogP contribution >= 0.6 is 0 Å². The van der Waals surface area contributed by atoms with Crippen LogP contribution in [0, 0.1) is 0 Å². The maximum atomic E-state index is 10.6. The molecule has 6 nitrogen and oxygen atoms in total. The quantitative estimate of drug-likeness (QED) is 0.268. The third-order valence-electron chi connectivity index (χ3n) is 0.872. The molecule has 0 aliphatic rings. The molecule has 0 unspecified atom stereocenters. The number of amides is 1.